The van der Waals surface area contributed by atoms with E-state index in [1.165, 1.54) is 0 Å². The van der Waals surface area contributed by atoms with E-state index in [1.54, 1.807) is 73.1 Å². The van der Waals surface area contributed by atoms with Crippen molar-refractivity contribution in [1.29, 1.82) is 0 Å². The molecular formula is C32H24N2O4. The second-order valence-corrected chi connectivity index (χ2v) is 9.39. The SMILES string of the molecule is CC(C)=Cc1cnc2c(c1)C(=O)c1ccccc1C2=O.CCc1cnc2c(c1)C(=O)c1ccccc1C2=O. The summed E-state index contributed by atoms with van der Waals surface area (Å²) in [6.45, 7) is 5.94. The molecule has 186 valence electrons. The van der Waals surface area contributed by atoms with Crippen LogP contribution in [0.3, 0.4) is 0 Å². The number of aryl methyl sites for hydroxylation is 1. The Hall–Kier alpha value is -4.84. The van der Waals surface area contributed by atoms with E-state index in [9.17, 15) is 19.2 Å². The largest absolute Gasteiger partial charge is 0.288 e. The van der Waals surface area contributed by atoms with E-state index in [-0.39, 0.29) is 34.5 Å². The van der Waals surface area contributed by atoms with Gasteiger partial charge in [-0.3, -0.25) is 29.1 Å². The number of carbonyl (C=O) groups is 4. The number of allylic oxidation sites excluding steroid dienone is 1. The molecule has 2 aliphatic carbocycles. The Morgan fingerprint density at radius 3 is 1.55 bits per heavy atom. The maximum Gasteiger partial charge on any atom is 0.212 e. The molecule has 0 fully saturated rings. The van der Waals surface area contributed by atoms with Crippen LogP contribution >= 0.6 is 0 Å². The van der Waals surface area contributed by atoms with Crippen molar-refractivity contribution in [3.05, 3.63) is 135 Å². The molecule has 6 nitrogen and oxygen atoms in total. The third kappa shape index (κ3) is 4.30. The lowest BCUT2D eigenvalue weighted by Gasteiger charge is -2.16. The van der Waals surface area contributed by atoms with Crippen LogP contribution in [-0.2, 0) is 6.42 Å². The van der Waals surface area contributed by atoms with E-state index in [2.05, 4.69) is 9.97 Å². The number of rotatable bonds is 2. The van der Waals surface area contributed by atoms with E-state index >= 15 is 0 Å². The van der Waals surface area contributed by atoms with Gasteiger partial charge in [-0.05, 0) is 43.5 Å². The average molecular weight is 501 g/mol. The van der Waals surface area contributed by atoms with Gasteiger partial charge in [0.2, 0.25) is 11.6 Å². The Kier molecular flexibility index (Phi) is 6.47. The van der Waals surface area contributed by atoms with Crippen LogP contribution in [0.15, 0.2) is 78.6 Å². The molecule has 0 saturated heterocycles. The summed E-state index contributed by atoms with van der Waals surface area (Å²) in [5.41, 5.74) is 6.09. The standard InChI is InChI=1S/C17H13NO2.C15H11NO2/c1-10(2)7-11-8-14-15(18-9-11)17(20)13-6-4-3-5-12(13)16(14)19;1-2-9-7-12-13(16-8-9)15(18)11-6-4-3-5-10(11)14(12)17/h3-9H,1-2H3;3-8H,2H2,1H3. The number of hydrogen-bond donors (Lipinski definition) is 0. The van der Waals surface area contributed by atoms with Crippen LogP contribution in [-0.4, -0.2) is 33.1 Å². The van der Waals surface area contributed by atoms with Crippen molar-refractivity contribution >= 4 is 29.2 Å². The Bertz CT molecular complexity index is 1690. The zero-order valence-corrected chi connectivity index (χ0v) is 21.2. The number of nitrogens with zero attached hydrogens (tertiary/aromatic N) is 2. The molecule has 38 heavy (non-hydrogen) atoms. The van der Waals surface area contributed by atoms with Crippen molar-refractivity contribution in [3.63, 3.8) is 0 Å². The summed E-state index contributed by atoms with van der Waals surface area (Å²) in [5, 5.41) is 0. The Morgan fingerprint density at radius 1 is 0.632 bits per heavy atom. The minimum absolute atomic E-state index is 0.108. The number of aromatic nitrogens is 2. The van der Waals surface area contributed by atoms with Crippen LogP contribution in [0, 0.1) is 0 Å². The molecule has 6 rings (SSSR count). The molecule has 2 aliphatic rings. The van der Waals surface area contributed by atoms with Crippen molar-refractivity contribution in [2.45, 2.75) is 27.2 Å². The Labute approximate surface area is 220 Å². The summed E-state index contributed by atoms with van der Waals surface area (Å²) in [5.74, 6) is -0.587. The summed E-state index contributed by atoms with van der Waals surface area (Å²) >= 11 is 0. The molecule has 0 spiro atoms. The van der Waals surface area contributed by atoms with Gasteiger partial charge in [0.25, 0.3) is 0 Å². The zero-order valence-electron chi connectivity index (χ0n) is 21.2. The van der Waals surface area contributed by atoms with Gasteiger partial charge >= 0.3 is 0 Å². The highest BCUT2D eigenvalue weighted by Crippen LogP contribution is 2.28. The minimum Gasteiger partial charge on any atom is -0.288 e. The van der Waals surface area contributed by atoms with Crippen LogP contribution in [0.2, 0.25) is 0 Å². The first-order chi connectivity index (χ1) is 18.3. The highest BCUT2D eigenvalue weighted by molar-refractivity contribution is 6.28. The van der Waals surface area contributed by atoms with E-state index in [0.717, 1.165) is 23.1 Å². The van der Waals surface area contributed by atoms with Crippen LogP contribution in [0.25, 0.3) is 6.08 Å². The average Bonchev–Trinajstić information content (AvgIpc) is 2.94. The topological polar surface area (TPSA) is 94.1 Å². The Balaban J connectivity index is 0.000000156. The second-order valence-electron chi connectivity index (χ2n) is 9.39. The summed E-state index contributed by atoms with van der Waals surface area (Å²) in [4.78, 5) is 57.7. The third-order valence-corrected chi connectivity index (χ3v) is 6.47. The van der Waals surface area contributed by atoms with Gasteiger partial charge in [-0.15, -0.1) is 0 Å². The molecular weight excluding hydrogens is 476 g/mol. The molecule has 6 heteroatoms. The highest BCUT2D eigenvalue weighted by atomic mass is 16.1. The summed E-state index contributed by atoms with van der Waals surface area (Å²) in [6.07, 6.45) is 6.03. The van der Waals surface area contributed by atoms with Gasteiger partial charge in [0.05, 0.1) is 11.1 Å². The van der Waals surface area contributed by atoms with Crippen molar-refractivity contribution in [2.75, 3.05) is 0 Å². The first-order valence-corrected chi connectivity index (χ1v) is 12.3. The van der Waals surface area contributed by atoms with E-state index in [1.807, 2.05) is 26.8 Å². The van der Waals surface area contributed by atoms with E-state index < -0.39 is 0 Å². The van der Waals surface area contributed by atoms with Crippen molar-refractivity contribution in [1.82, 2.24) is 9.97 Å². The zero-order chi connectivity index (χ0) is 27.0. The van der Waals surface area contributed by atoms with Crippen molar-refractivity contribution in [2.24, 2.45) is 0 Å². The van der Waals surface area contributed by atoms with E-state index in [0.29, 0.717) is 33.4 Å². The quantitative estimate of drug-likeness (QED) is 0.303. The molecule has 0 radical (unpaired) electrons. The van der Waals surface area contributed by atoms with Gasteiger partial charge in [0.15, 0.2) is 11.6 Å². The molecule has 0 bridgehead atoms. The summed E-state index contributed by atoms with van der Waals surface area (Å²) in [6, 6.07) is 17.3. The first kappa shape index (κ1) is 24.8. The van der Waals surface area contributed by atoms with Gasteiger partial charge in [-0.2, -0.15) is 0 Å². The minimum atomic E-state index is -0.182. The molecule has 0 saturated carbocycles. The number of hydrogen-bond acceptors (Lipinski definition) is 6. The van der Waals surface area contributed by atoms with Crippen LogP contribution in [0.5, 0.6) is 0 Å². The van der Waals surface area contributed by atoms with Gasteiger partial charge in [-0.25, -0.2) is 0 Å². The molecule has 0 amide bonds. The molecule has 4 aromatic rings. The number of ketones is 4. The smallest absolute Gasteiger partial charge is 0.212 e. The molecule has 2 aromatic heterocycles. The number of fused-ring (bicyclic) bond motifs is 4. The number of carbonyl (C=O) groups excluding carboxylic acids is 4. The van der Waals surface area contributed by atoms with Crippen LogP contribution < -0.4 is 0 Å². The molecule has 2 heterocycles. The fraction of sp³-hybridized carbons (Fsp3) is 0.125. The lowest BCUT2D eigenvalue weighted by Crippen LogP contribution is -2.22. The highest BCUT2D eigenvalue weighted by Gasteiger charge is 2.31. The third-order valence-electron chi connectivity index (χ3n) is 6.47. The fourth-order valence-electron chi connectivity index (χ4n) is 4.61. The van der Waals surface area contributed by atoms with Crippen molar-refractivity contribution < 1.29 is 19.2 Å². The Morgan fingerprint density at radius 2 is 1.08 bits per heavy atom. The first-order valence-electron chi connectivity index (χ1n) is 12.3. The summed E-state index contributed by atoms with van der Waals surface area (Å²) < 4.78 is 0. The van der Waals surface area contributed by atoms with Gasteiger partial charge in [0, 0.05) is 34.6 Å². The van der Waals surface area contributed by atoms with Gasteiger partial charge in [0.1, 0.15) is 11.4 Å². The lowest BCUT2D eigenvalue weighted by molar-refractivity contribution is 0.0975. The lowest BCUT2D eigenvalue weighted by atomic mass is 9.86. The van der Waals surface area contributed by atoms with Gasteiger partial charge in [-0.1, -0.05) is 67.1 Å². The maximum absolute atomic E-state index is 12.5. The van der Waals surface area contributed by atoms with Crippen LogP contribution in [0.1, 0.15) is 95.8 Å². The number of pyridine rings is 2. The molecule has 0 atom stereocenters. The molecule has 2 aromatic carbocycles. The molecule has 0 aliphatic heterocycles. The summed E-state index contributed by atoms with van der Waals surface area (Å²) in [7, 11) is 0. The van der Waals surface area contributed by atoms with Crippen LogP contribution in [0.4, 0.5) is 0 Å². The fourth-order valence-corrected chi connectivity index (χ4v) is 4.61. The second kappa shape index (κ2) is 9.90. The van der Waals surface area contributed by atoms with E-state index in [4.69, 9.17) is 0 Å². The predicted octanol–water partition coefficient (Wildman–Crippen LogP) is 5.70. The monoisotopic (exact) mass is 500 g/mol. The molecule has 0 N–H and O–H groups in total. The van der Waals surface area contributed by atoms with Crippen molar-refractivity contribution in [3.8, 4) is 0 Å². The predicted molar refractivity (Wildman–Crippen MR) is 144 cm³/mol. The number of benzene rings is 2. The van der Waals surface area contributed by atoms with Gasteiger partial charge < -0.3 is 0 Å². The normalized spacial score (nSPS) is 12.9. The maximum atomic E-state index is 12.5. The molecule has 0 unspecified atom stereocenters.